The molecule has 4 aromatic rings. The lowest BCUT2D eigenvalue weighted by Crippen LogP contribution is -2.52. The molecule has 0 spiro atoms. The Morgan fingerprint density at radius 1 is 0.836 bits per heavy atom. The molecule has 2 heterocycles. The molecule has 1 aromatic heterocycles. The van der Waals surface area contributed by atoms with Crippen molar-refractivity contribution in [2.24, 2.45) is 11.7 Å². The number of benzene rings is 3. The van der Waals surface area contributed by atoms with E-state index in [2.05, 4.69) is 26.6 Å². The summed E-state index contributed by atoms with van der Waals surface area (Å²) in [6.45, 7) is 4.21. The number of hydrogen-bond donors (Lipinski definition) is 6. The van der Waals surface area contributed by atoms with Crippen LogP contribution in [0.3, 0.4) is 0 Å². The van der Waals surface area contributed by atoms with Crippen molar-refractivity contribution in [2.45, 2.75) is 52.4 Å². The number of fused-ring (bicyclic) bond motifs is 1. The lowest BCUT2D eigenvalue weighted by atomic mass is 9.93. The quantitative estimate of drug-likeness (QED) is 0.0949. The topological polar surface area (TPSA) is 220 Å². The number of nitrogens with one attached hydrogen (secondary N) is 5. The van der Waals surface area contributed by atoms with Gasteiger partial charge in [0.05, 0.1) is 6.54 Å². The van der Waals surface area contributed by atoms with Crippen LogP contribution in [-0.2, 0) is 32.3 Å². The number of rotatable bonds is 13. The molecule has 6 amide bonds. The first-order valence-electron chi connectivity index (χ1n) is 17.7. The first-order valence-corrected chi connectivity index (χ1v) is 18.9. The Morgan fingerprint density at radius 3 is 2.15 bits per heavy atom. The molecule has 1 unspecified atom stereocenters. The van der Waals surface area contributed by atoms with Gasteiger partial charge >= 0.3 is 23.8 Å². The number of aryl methyl sites for hydroxylation is 1. The van der Waals surface area contributed by atoms with E-state index in [1.165, 1.54) is 6.07 Å². The Kier molecular flexibility index (Phi) is 16.4. The maximum Gasteiger partial charge on any atom is 0.411 e. The van der Waals surface area contributed by atoms with Gasteiger partial charge in [-0.3, -0.25) is 14.9 Å². The molecule has 3 aromatic carbocycles. The summed E-state index contributed by atoms with van der Waals surface area (Å²) in [5, 5.41) is 13.9. The van der Waals surface area contributed by atoms with Crippen molar-refractivity contribution in [3.63, 3.8) is 0 Å². The highest BCUT2D eigenvalue weighted by Gasteiger charge is 2.32. The van der Waals surface area contributed by atoms with Gasteiger partial charge in [0.25, 0.3) is 0 Å². The molecule has 1 aliphatic rings. The van der Waals surface area contributed by atoms with Gasteiger partial charge in [-0.2, -0.15) is 11.8 Å². The molecule has 7 N–H and O–H groups in total. The summed E-state index contributed by atoms with van der Waals surface area (Å²) < 4.78 is 15.8. The minimum Gasteiger partial charge on any atom is -0.445 e. The van der Waals surface area contributed by atoms with E-state index >= 15 is 0 Å². The van der Waals surface area contributed by atoms with Crippen LogP contribution in [0.1, 0.15) is 42.9 Å². The molecule has 1 fully saturated rings. The van der Waals surface area contributed by atoms with E-state index in [1.54, 1.807) is 61.2 Å². The molecule has 5 rings (SSSR count). The molecule has 1 saturated heterocycles. The molecule has 0 aliphatic carbocycles. The average Bonchev–Trinajstić information content (AvgIpc) is 3.18. The van der Waals surface area contributed by atoms with Crippen LogP contribution in [0.5, 0.6) is 0 Å². The maximum absolute atomic E-state index is 13.1. The van der Waals surface area contributed by atoms with Crippen LogP contribution in [0.2, 0.25) is 0 Å². The van der Waals surface area contributed by atoms with Gasteiger partial charge in [-0.15, -0.1) is 0 Å². The highest BCUT2D eigenvalue weighted by atomic mass is 32.2. The fraction of sp³-hybridized carbons (Fsp3) is 0.333. The van der Waals surface area contributed by atoms with Gasteiger partial charge in [0.15, 0.2) is 0 Å². The van der Waals surface area contributed by atoms with Crippen molar-refractivity contribution in [3.05, 3.63) is 106 Å². The van der Waals surface area contributed by atoms with Crippen LogP contribution in [0.25, 0.3) is 11.0 Å². The van der Waals surface area contributed by atoms with Crippen LogP contribution in [0.4, 0.5) is 25.8 Å². The third-order valence-corrected chi connectivity index (χ3v) is 9.33. The summed E-state index contributed by atoms with van der Waals surface area (Å²) >= 11 is 1.80. The number of amides is 6. The zero-order valence-electron chi connectivity index (χ0n) is 30.7. The summed E-state index contributed by atoms with van der Waals surface area (Å²) in [6, 6.07) is 21.0. The van der Waals surface area contributed by atoms with E-state index in [9.17, 15) is 28.8 Å². The van der Waals surface area contributed by atoms with Gasteiger partial charge in [0.2, 0.25) is 11.8 Å². The zero-order valence-corrected chi connectivity index (χ0v) is 31.5. The van der Waals surface area contributed by atoms with E-state index in [4.69, 9.17) is 19.6 Å². The van der Waals surface area contributed by atoms with Crippen molar-refractivity contribution in [2.75, 3.05) is 35.2 Å². The number of carbonyl (C=O) groups is 5. The Morgan fingerprint density at radius 2 is 1.49 bits per heavy atom. The van der Waals surface area contributed by atoms with Crippen LogP contribution in [-0.4, -0.2) is 60.7 Å². The zero-order chi connectivity index (χ0) is 39.6. The second kappa shape index (κ2) is 21.6. The fourth-order valence-corrected chi connectivity index (χ4v) is 6.60. The first kappa shape index (κ1) is 41.7. The van der Waals surface area contributed by atoms with E-state index in [1.807, 2.05) is 37.3 Å². The predicted octanol–water partition coefficient (Wildman–Crippen LogP) is 5.41. The lowest BCUT2D eigenvalue weighted by Gasteiger charge is -2.29. The highest BCUT2D eigenvalue weighted by molar-refractivity contribution is 7.99. The van der Waals surface area contributed by atoms with Gasteiger partial charge < -0.3 is 40.9 Å². The van der Waals surface area contributed by atoms with E-state index in [-0.39, 0.29) is 25.7 Å². The molecule has 16 heteroatoms. The largest absolute Gasteiger partial charge is 0.445 e. The number of thioether (sulfide) groups is 1. The molecular formula is C39H46N6O9S. The third kappa shape index (κ3) is 14.4. The predicted molar refractivity (Wildman–Crippen MR) is 211 cm³/mol. The van der Waals surface area contributed by atoms with Gasteiger partial charge in [-0.05, 0) is 84.6 Å². The third-order valence-electron chi connectivity index (χ3n) is 8.28. The molecule has 1 aliphatic heterocycles. The minimum absolute atomic E-state index is 0.0280. The molecule has 55 heavy (non-hydrogen) atoms. The molecule has 0 bridgehead atoms. The number of hydrogen-bond acceptors (Lipinski definition) is 10. The SMILES string of the molecule is CCCNC(N)=O.Cc1cc(=O)oc2cc(NC(=O)OCc3ccc(NC(=O)CNC(=O)C(NC(=O)OCc4ccccc4)C4CCSCC4)cc3)ccc12. The van der Waals surface area contributed by atoms with Crippen molar-refractivity contribution in [1.82, 2.24) is 16.0 Å². The van der Waals surface area contributed by atoms with Crippen LogP contribution < -0.4 is 37.9 Å². The summed E-state index contributed by atoms with van der Waals surface area (Å²) in [6.07, 6.45) is 1.06. The molecule has 1 atom stereocenters. The van der Waals surface area contributed by atoms with Crippen molar-refractivity contribution >= 4 is 64.1 Å². The molecule has 0 radical (unpaired) electrons. The summed E-state index contributed by atoms with van der Waals surface area (Å²) in [5.41, 5.74) is 7.78. The number of primary amides is 1. The first-order chi connectivity index (χ1) is 26.5. The second-order valence-electron chi connectivity index (χ2n) is 12.5. The van der Waals surface area contributed by atoms with Crippen LogP contribution in [0, 0.1) is 12.8 Å². The summed E-state index contributed by atoms with van der Waals surface area (Å²) in [5.74, 6) is 0.791. The Balaban J connectivity index is 0.000000876. The van der Waals surface area contributed by atoms with Crippen LogP contribution >= 0.6 is 11.8 Å². The number of nitrogens with two attached hydrogens (primary N) is 1. The van der Waals surface area contributed by atoms with Gasteiger partial charge in [0, 0.05) is 35.4 Å². The van der Waals surface area contributed by atoms with Gasteiger partial charge in [0.1, 0.15) is 24.8 Å². The number of urea groups is 1. The van der Waals surface area contributed by atoms with Gasteiger partial charge in [-0.1, -0.05) is 49.4 Å². The standard InChI is InChI=1S/C35H36N4O8S.C4H10N2O/c1-22-17-31(41)47-29-18-27(11-12-28(22)29)38-34(43)45-21-24-7-9-26(10-8-24)37-30(40)19-36-33(42)32(25-13-15-48-16-14-25)39-35(44)46-20-23-5-3-2-4-6-23;1-2-3-6-4(5)7/h2-12,17-18,25,32H,13-16,19-21H2,1H3,(H,36,42)(H,37,40)(H,38,43)(H,39,44);2-3H2,1H3,(H3,5,6,7). The normalized spacial score (nSPS) is 12.9. The van der Waals surface area contributed by atoms with E-state index in [0.717, 1.165) is 47.3 Å². The minimum atomic E-state index is -0.829. The smallest absolute Gasteiger partial charge is 0.411 e. The Bertz CT molecular complexity index is 1970. The van der Waals surface area contributed by atoms with Crippen molar-refractivity contribution < 1.29 is 37.9 Å². The summed E-state index contributed by atoms with van der Waals surface area (Å²) in [4.78, 5) is 72.2. The highest BCUT2D eigenvalue weighted by Crippen LogP contribution is 2.26. The molecule has 0 saturated carbocycles. The Labute approximate surface area is 322 Å². The average molecular weight is 775 g/mol. The number of ether oxygens (including phenoxy) is 2. The van der Waals surface area contributed by atoms with Crippen LogP contribution in [0.15, 0.2) is 88.1 Å². The molecule has 292 valence electrons. The van der Waals surface area contributed by atoms with Gasteiger partial charge in [-0.25, -0.2) is 19.2 Å². The maximum atomic E-state index is 13.1. The molecule has 15 nitrogen and oxygen atoms in total. The number of alkyl carbamates (subject to hydrolysis) is 1. The van der Waals surface area contributed by atoms with E-state index in [0.29, 0.717) is 29.1 Å². The molecular weight excluding hydrogens is 729 g/mol. The number of anilines is 2. The Hall–Kier alpha value is -6.03. The fourth-order valence-electron chi connectivity index (χ4n) is 5.46. The van der Waals surface area contributed by atoms with Crippen molar-refractivity contribution in [3.8, 4) is 0 Å². The van der Waals surface area contributed by atoms with Crippen molar-refractivity contribution in [1.29, 1.82) is 0 Å². The summed E-state index contributed by atoms with van der Waals surface area (Å²) in [7, 11) is 0. The monoisotopic (exact) mass is 774 g/mol. The number of carbonyl (C=O) groups excluding carboxylic acids is 5. The second-order valence-corrected chi connectivity index (χ2v) is 13.8. The lowest BCUT2D eigenvalue weighted by molar-refractivity contribution is -0.126. The van der Waals surface area contributed by atoms with E-state index < -0.39 is 41.7 Å².